The maximum atomic E-state index is 12.9. The molecule has 0 saturated carbocycles. The van der Waals surface area contributed by atoms with Gasteiger partial charge in [-0.15, -0.1) is 0 Å². The Balaban J connectivity index is 1.52. The summed E-state index contributed by atoms with van der Waals surface area (Å²) in [5.74, 6) is 2.03. The number of rotatable bonds is 6. The number of benzene rings is 1. The standard InChI is InChI=1S/C16H19FN2O3S/c17-14-3-1-12(2-4-14)9-15-18-16(22-19-15)11-23(20)10-13-5-7-21-8-6-13/h1-4,13H,5-11H2/t23-/m0/s1. The summed E-state index contributed by atoms with van der Waals surface area (Å²) in [5, 5.41) is 3.90. The molecule has 124 valence electrons. The molecule has 7 heteroatoms. The van der Waals surface area contributed by atoms with Gasteiger partial charge in [-0.3, -0.25) is 4.21 Å². The number of aromatic nitrogens is 2. The van der Waals surface area contributed by atoms with Crippen LogP contribution >= 0.6 is 0 Å². The molecule has 1 aliphatic heterocycles. The van der Waals surface area contributed by atoms with Crippen molar-refractivity contribution < 1.29 is 17.9 Å². The molecular weight excluding hydrogens is 319 g/mol. The topological polar surface area (TPSA) is 65.2 Å². The van der Waals surface area contributed by atoms with Crippen molar-refractivity contribution >= 4 is 10.8 Å². The molecule has 1 aromatic carbocycles. The molecule has 0 spiro atoms. The minimum Gasteiger partial charge on any atom is -0.381 e. The lowest BCUT2D eigenvalue weighted by atomic mass is 10.0. The molecular formula is C16H19FN2O3S. The molecule has 0 N–H and O–H groups in total. The summed E-state index contributed by atoms with van der Waals surface area (Å²) >= 11 is 0. The van der Waals surface area contributed by atoms with Gasteiger partial charge >= 0.3 is 0 Å². The van der Waals surface area contributed by atoms with E-state index in [2.05, 4.69) is 10.1 Å². The average Bonchev–Trinajstić information content (AvgIpc) is 2.97. The Kier molecular flexibility index (Phi) is 5.51. The van der Waals surface area contributed by atoms with E-state index in [1.807, 2.05) is 0 Å². The summed E-state index contributed by atoms with van der Waals surface area (Å²) in [6.45, 7) is 1.51. The van der Waals surface area contributed by atoms with Gasteiger partial charge in [0.25, 0.3) is 0 Å². The first-order valence-corrected chi connectivity index (χ1v) is 9.16. The molecule has 3 rings (SSSR count). The van der Waals surface area contributed by atoms with Gasteiger partial charge in [0.15, 0.2) is 5.82 Å². The molecule has 0 amide bonds. The minimum atomic E-state index is -1.01. The summed E-state index contributed by atoms with van der Waals surface area (Å²) in [6.07, 6.45) is 2.40. The maximum Gasteiger partial charge on any atom is 0.239 e. The second-order valence-electron chi connectivity index (χ2n) is 5.71. The first kappa shape index (κ1) is 16.3. The zero-order chi connectivity index (χ0) is 16.1. The van der Waals surface area contributed by atoms with E-state index >= 15 is 0 Å². The second kappa shape index (κ2) is 7.79. The zero-order valence-electron chi connectivity index (χ0n) is 12.7. The first-order valence-electron chi connectivity index (χ1n) is 7.67. The van der Waals surface area contributed by atoms with E-state index in [4.69, 9.17) is 9.26 Å². The minimum absolute atomic E-state index is 0.272. The first-order chi connectivity index (χ1) is 11.2. The predicted octanol–water partition coefficient (Wildman–Crippen LogP) is 2.47. The molecule has 2 aromatic rings. The monoisotopic (exact) mass is 338 g/mol. The highest BCUT2D eigenvalue weighted by Gasteiger charge is 2.18. The van der Waals surface area contributed by atoms with Crippen LogP contribution in [0.5, 0.6) is 0 Å². The Morgan fingerprint density at radius 1 is 1.22 bits per heavy atom. The Morgan fingerprint density at radius 3 is 2.70 bits per heavy atom. The van der Waals surface area contributed by atoms with E-state index in [0.717, 1.165) is 31.6 Å². The van der Waals surface area contributed by atoms with E-state index in [9.17, 15) is 8.60 Å². The van der Waals surface area contributed by atoms with E-state index in [0.29, 0.717) is 29.8 Å². The van der Waals surface area contributed by atoms with Gasteiger partial charge in [0.1, 0.15) is 11.6 Å². The summed E-state index contributed by atoms with van der Waals surface area (Å²) in [5.41, 5.74) is 0.905. The van der Waals surface area contributed by atoms with E-state index < -0.39 is 10.8 Å². The molecule has 23 heavy (non-hydrogen) atoms. The van der Waals surface area contributed by atoms with Crippen LogP contribution in [0.25, 0.3) is 0 Å². The van der Waals surface area contributed by atoms with Crippen LogP contribution in [0.2, 0.25) is 0 Å². The van der Waals surface area contributed by atoms with Crippen molar-refractivity contribution in [3.05, 3.63) is 47.4 Å². The van der Waals surface area contributed by atoms with Crippen LogP contribution in [-0.4, -0.2) is 33.3 Å². The SMILES string of the molecule is O=[S@](Cc1nc(Cc2ccc(F)cc2)no1)CC1CCOCC1. The van der Waals surface area contributed by atoms with Crippen molar-refractivity contribution in [2.24, 2.45) is 5.92 Å². The van der Waals surface area contributed by atoms with E-state index in [1.165, 1.54) is 12.1 Å². The molecule has 1 aliphatic rings. The quantitative estimate of drug-likeness (QED) is 0.809. The third kappa shape index (κ3) is 4.94. The number of hydrogen-bond acceptors (Lipinski definition) is 5. The Morgan fingerprint density at radius 2 is 1.96 bits per heavy atom. The molecule has 1 atom stereocenters. The van der Waals surface area contributed by atoms with Crippen molar-refractivity contribution in [2.45, 2.75) is 25.0 Å². The van der Waals surface area contributed by atoms with Crippen molar-refractivity contribution in [1.82, 2.24) is 10.1 Å². The fourth-order valence-corrected chi connectivity index (χ4v) is 3.95. The predicted molar refractivity (Wildman–Crippen MR) is 83.8 cm³/mol. The van der Waals surface area contributed by atoms with Crippen LogP contribution in [0, 0.1) is 11.7 Å². The van der Waals surface area contributed by atoms with E-state index in [1.54, 1.807) is 12.1 Å². The third-order valence-electron chi connectivity index (χ3n) is 3.83. The fraction of sp³-hybridized carbons (Fsp3) is 0.500. The van der Waals surface area contributed by atoms with Crippen molar-refractivity contribution in [1.29, 1.82) is 0 Å². The molecule has 1 fully saturated rings. The van der Waals surface area contributed by atoms with Gasteiger partial charge in [0.05, 0.1) is 0 Å². The molecule has 0 aliphatic carbocycles. The molecule has 0 bridgehead atoms. The van der Waals surface area contributed by atoms with Gasteiger partial charge in [0, 0.05) is 36.2 Å². The van der Waals surface area contributed by atoms with Crippen LogP contribution in [-0.2, 0) is 27.7 Å². The fourth-order valence-electron chi connectivity index (χ4n) is 2.58. The van der Waals surface area contributed by atoms with Crippen LogP contribution in [0.15, 0.2) is 28.8 Å². The molecule has 5 nitrogen and oxygen atoms in total. The lowest BCUT2D eigenvalue weighted by Crippen LogP contribution is -2.21. The Bertz CT molecular complexity index is 654. The highest BCUT2D eigenvalue weighted by atomic mass is 32.2. The zero-order valence-corrected chi connectivity index (χ0v) is 13.6. The van der Waals surface area contributed by atoms with Gasteiger partial charge in [0.2, 0.25) is 5.89 Å². The van der Waals surface area contributed by atoms with Gasteiger partial charge in [-0.05, 0) is 36.5 Å². The number of nitrogens with zero attached hydrogens (tertiary/aromatic N) is 2. The largest absolute Gasteiger partial charge is 0.381 e. The van der Waals surface area contributed by atoms with E-state index in [-0.39, 0.29) is 11.6 Å². The summed E-state index contributed by atoms with van der Waals surface area (Å²) in [7, 11) is -1.01. The van der Waals surface area contributed by atoms with Crippen molar-refractivity contribution in [3.8, 4) is 0 Å². The molecule has 2 heterocycles. The number of halogens is 1. The Hall–Kier alpha value is -1.60. The molecule has 0 unspecified atom stereocenters. The molecule has 1 saturated heterocycles. The Labute approximate surface area is 136 Å². The average molecular weight is 338 g/mol. The van der Waals surface area contributed by atoms with Crippen LogP contribution in [0.4, 0.5) is 4.39 Å². The summed E-state index contributed by atoms with van der Waals surface area (Å²) in [6, 6.07) is 6.18. The molecule has 1 aromatic heterocycles. The van der Waals surface area contributed by atoms with Crippen LogP contribution in [0.1, 0.15) is 30.1 Å². The van der Waals surface area contributed by atoms with Crippen LogP contribution in [0.3, 0.4) is 0 Å². The lowest BCUT2D eigenvalue weighted by molar-refractivity contribution is 0.0725. The van der Waals surface area contributed by atoms with Gasteiger partial charge in [-0.2, -0.15) is 4.98 Å². The smallest absolute Gasteiger partial charge is 0.239 e. The normalized spacial score (nSPS) is 17.3. The van der Waals surface area contributed by atoms with Crippen LogP contribution < -0.4 is 0 Å². The second-order valence-corrected chi connectivity index (χ2v) is 7.22. The third-order valence-corrected chi connectivity index (χ3v) is 5.24. The lowest BCUT2D eigenvalue weighted by Gasteiger charge is -2.20. The summed E-state index contributed by atoms with van der Waals surface area (Å²) in [4.78, 5) is 4.27. The van der Waals surface area contributed by atoms with Crippen molar-refractivity contribution in [2.75, 3.05) is 19.0 Å². The number of ether oxygens (including phenoxy) is 1. The van der Waals surface area contributed by atoms with Gasteiger partial charge in [-0.25, -0.2) is 4.39 Å². The summed E-state index contributed by atoms with van der Waals surface area (Å²) < 4.78 is 35.5. The highest BCUT2D eigenvalue weighted by molar-refractivity contribution is 7.84. The van der Waals surface area contributed by atoms with Crippen molar-refractivity contribution in [3.63, 3.8) is 0 Å². The number of hydrogen-bond donors (Lipinski definition) is 0. The van der Waals surface area contributed by atoms with Gasteiger partial charge in [-0.1, -0.05) is 17.3 Å². The van der Waals surface area contributed by atoms with Gasteiger partial charge < -0.3 is 9.26 Å². The molecule has 0 radical (unpaired) electrons. The highest BCUT2D eigenvalue weighted by Crippen LogP contribution is 2.17. The maximum absolute atomic E-state index is 12.9.